The van der Waals surface area contributed by atoms with E-state index >= 15 is 0 Å². The highest BCUT2D eigenvalue weighted by Crippen LogP contribution is 2.14. The summed E-state index contributed by atoms with van der Waals surface area (Å²) >= 11 is 0. The Morgan fingerprint density at radius 1 is 1.03 bits per heavy atom. The summed E-state index contributed by atoms with van der Waals surface area (Å²) in [5.41, 5.74) is 3.38. The molecule has 0 saturated carbocycles. The number of aromatic amines is 1. The van der Waals surface area contributed by atoms with E-state index in [0.717, 1.165) is 17.1 Å². The first-order valence-corrected chi connectivity index (χ1v) is 9.87. The van der Waals surface area contributed by atoms with Crippen LogP contribution in [0, 0.1) is 6.92 Å². The Morgan fingerprint density at radius 2 is 1.87 bits per heavy atom. The van der Waals surface area contributed by atoms with Crippen molar-refractivity contribution >= 4 is 11.6 Å². The van der Waals surface area contributed by atoms with Gasteiger partial charge in [0.1, 0.15) is 5.82 Å². The van der Waals surface area contributed by atoms with E-state index in [1.807, 2.05) is 42.5 Å². The molecule has 0 fully saturated rings. The maximum atomic E-state index is 5.33. The number of benzene rings is 2. The van der Waals surface area contributed by atoms with Crippen LogP contribution in [0.15, 0.2) is 82.4 Å². The number of aliphatic imine (C=N–C) groups is 1. The molecule has 0 saturated heterocycles. The highest BCUT2D eigenvalue weighted by atomic mass is 16.3. The molecule has 0 aliphatic heterocycles. The average molecular weight is 400 g/mol. The van der Waals surface area contributed by atoms with Crippen LogP contribution in [0.25, 0.3) is 11.6 Å². The van der Waals surface area contributed by atoms with Crippen LogP contribution in [0.5, 0.6) is 0 Å². The lowest BCUT2D eigenvalue weighted by molar-refractivity contribution is 0.577. The lowest BCUT2D eigenvalue weighted by atomic mass is 10.1. The maximum Gasteiger partial charge on any atom is 0.216 e. The molecule has 0 radical (unpaired) electrons. The van der Waals surface area contributed by atoms with Gasteiger partial charge in [-0.15, -0.1) is 0 Å². The molecule has 2 heterocycles. The number of nitrogens with one attached hydrogen (secondary N) is 3. The SMILES string of the molecule is Cc1ccc(CN=C(NCCc2nc(-c3ccco3)n[nH]2)Nc2ccccc2)cc1. The van der Waals surface area contributed by atoms with Crippen LogP contribution in [-0.2, 0) is 13.0 Å². The minimum Gasteiger partial charge on any atom is -0.461 e. The molecule has 152 valence electrons. The van der Waals surface area contributed by atoms with Crippen LogP contribution in [0.4, 0.5) is 5.69 Å². The van der Waals surface area contributed by atoms with Crippen LogP contribution in [0.1, 0.15) is 17.0 Å². The zero-order valence-electron chi connectivity index (χ0n) is 16.8. The Morgan fingerprint density at radius 3 is 2.63 bits per heavy atom. The van der Waals surface area contributed by atoms with Gasteiger partial charge in [-0.1, -0.05) is 48.0 Å². The molecule has 3 N–H and O–H groups in total. The first kappa shape index (κ1) is 19.4. The van der Waals surface area contributed by atoms with E-state index in [0.29, 0.717) is 37.1 Å². The quantitative estimate of drug-likeness (QED) is 0.320. The first-order chi connectivity index (χ1) is 14.8. The van der Waals surface area contributed by atoms with Crippen molar-refractivity contribution in [2.24, 2.45) is 4.99 Å². The molecule has 2 aromatic heterocycles. The molecule has 0 amide bonds. The molecule has 0 bridgehead atoms. The molecule has 0 aliphatic carbocycles. The standard InChI is InChI=1S/C23H24N6O/c1-17-9-11-18(12-10-17)16-25-23(26-19-6-3-2-4-7-19)24-14-13-21-27-22(29-28-21)20-8-5-15-30-20/h2-12,15H,13-14,16H2,1H3,(H2,24,25,26)(H,27,28,29). The number of aromatic nitrogens is 3. The van der Waals surface area contributed by atoms with Gasteiger partial charge in [0, 0.05) is 18.7 Å². The number of hydrogen-bond donors (Lipinski definition) is 3. The van der Waals surface area contributed by atoms with Crippen LogP contribution >= 0.6 is 0 Å². The normalized spacial score (nSPS) is 11.4. The van der Waals surface area contributed by atoms with Crippen LogP contribution in [-0.4, -0.2) is 27.7 Å². The van der Waals surface area contributed by atoms with Crippen molar-refractivity contribution in [1.29, 1.82) is 0 Å². The van der Waals surface area contributed by atoms with E-state index < -0.39 is 0 Å². The van der Waals surface area contributed by atoms with Gasteiger partial charge in [-0.2, -0.15) is 5.10 Å². The fourth-order valence-electron chi connectivity index (χ4n) is 2.88. The summed E-state index contributed by atoms with van der Waals surface area (Å²) in [5, 5.41) is 13.9. The van der Waals surface area contributed by atoms with E-state index in [2.05, 4.69) is 57.0 Å². The molecule has 7 heteroatoms. The van der Waals surface area contributed by atoms with Crippen molar-refractivity contribution in [1.82, 2.24) is 20.5 Å². The minimum absolute atomic E-state index is 0.561. The number of furan rings is 1. The summed E-state index contributed by atoms with van der Waals surface area (Å²) in [7, 11) is 0. The number of anilines is 1. The van der Waals surface area contributed by atoms with Crippen molar-refractivity contribution in [3.05, 3.63) is 89.9 Å². The molecular formula is C23H24N6O. The molecule has 7 nitrogen and oxygen atoms in total. The van der Waals surface area contributed by atoms with Crippen LogP contribution in [0.3, 0.4) is 0 Å². The summed E-state index contributed by atoms with van der Waals surface area (Å²) in [6.45, 7) is 3.32. The van der Waals surface area contributed by atoms with Crippen LogP contribution in [0.2, 0.25) is 0 Å². The Bertz CT molecular complexity index is 1070. The van der Waals surface area contributed by atoms with Crippen molar-refractivity contribution in [3.63, 3.8) is 0 Å². The second kappa shape index (κ2) is 9.56. The Balaban J connectivity index is 1.39. The lowest BCUT2D eigenvalue weighted by Gasteiger charge is -2.12. The van der Waals surface area contributed by atoms with E-state index in [4.69, 9.17) is 9.41 Å². The molecular weight excluding hydrogens is 376 g/mol. The van der Waals surface area contributed by atoms with E-state index in [9.17, 15) is 0 Å². The zero-order chi connectivity index (χ0) is 20.6. The van der Waals surface area contributed by atoms with Gasteiger partial charge in [-0.25, -0.2) is 9.98 Å². The van der Waals surface area contributed by atoms with Crippen molar-refractivity contribution in [3.8, 4) is 11.6 Å². The van der Waals surface area contributed by atoms with Crippen molar-refractivity contribution < 1.29 is 4.42 Å². The number of guanidine groups is 1. The summed E-state index contributed by atoms with van der Waals surface area (Å²) in [5.74, 6) is 2.71. The Labute approximate surface area is 175 Å². The summed E-state index contributed by atoms with van der Waals surface area (Å²) in [6.07, 6.45) is 2.28. The van der Waals surface area contributed by atoms with Gasteiger partial charge in [-0.3, -0.25) is 5.10 Å². The molecule has 4 rings (SSSR count). The van der Waals surface area contributed by atoms with Gasteiger partial charge in [0.2, 0.25) is 5.82 Å². The highest BCUT2D eigenvalue weighted by molar-refractivity contribution is 5.93. The third-order valence-electron chi connectivity index (χ3n) is 4.50. The first-order valence-electron chi connectivity index (χ1n) is 9.87. The second-order valence-corrected chi connectivity index (χ2v) is 6.90. The predicted molar refractivity (Wildman–Crippen MR) is 118 cm³/mol. The third-order valence-corrected chi connectivity index (χ3v) is 4.50. The predicted octanol–water partition coefficient (Wildman–Crippen LogP) is 4.17. The number of H-pyrrole nitrogens is 1. The van der Waals surface area contributed by atoms with Crippen molar-refractivity contribution in [2.45, 2.75) is 19.9 Å². The number of rotatable bonds is 7. The van der Waals surface area contributed by atoms with E-state index in [1.165, 1.54) is 5.56 Å². The number of aryl methyl sites for hydroxylation is 1. The molecule has 0 atom stereocenters. The third kappa shape index (κ3) is 5.35. The molecule has 30 heavy (non-hydrogen) atoms. The van der Waals surface area contributed by atoms with Crippen molar-refractivity contribution in [2.75, 3.05) is 11.9 Å². The fraction of sp³-hybridized carbons (Fsp3) is 0.174. The number of hydrogen-bond acceptors (Lipinski definition) is 4. The summed E-state index contributed by atoms with van der Waals surface area (Å²) in [6, 6.07) is 22.0. The smallest absolute Gasteiger partial charge is 0.216 e. The Kier molecular flexibility index (Phi) is 6.19. The van der Waals surface area contributed by atoms with Gasteiger partial charge >= 0.3 is 0 Å². The second-order valence-electron chi connectivity index (χ2n) is 6.90. The molecule has 0 unspecified atom stereocenters. The summed E-state index contributed by atoms with van der Waals surface area (Å²) < 4.78 is 5.33. The zero-order valence-corrected chi connectivity index (χ0v) is 16.8. The molecule has 4 aromatic rings. The van der Waals surface area contributed by atoms with E-state index in [1.54, 1.807) is 6.26 Å². The Hall–Kier alpha value is -3.87. The van der Waals surface area contributed by atoms with Gasteiger partial charge in [0.05, 0.1) is 12.8 Å². The molecule has 0 spiro atoms. The topological polar surface area (TPSA) is 91.1 Å². The average Bonchev–Trinajstić information content (AvgIpc) is 3.46. The molecule has 2 aromatic carbocycles. The fourth-order valence-corrected chi connectivity index (χ4v) is 2.88. The van der Waals surface area contributed by atoms with Gasteiger partial charge in [-0.05, 0) is 36.8 Å². The summed E-state index contributed by atoms with van der Waals surface area (Å²) in [4.78, 5) is 9.20. The largest absolute Gasteiger partial charge is 0.461 e. The number of nitrogens with zero attached hydrogens (tertiary/aromatic N) is 3. The van der Waals surface area contributed by atoms with E-state index in [-0.39, 0.29) is 0 Å². The van der Waals surface area contributed by atoms with Gasteiger partial charge in [0.25, 0.3) is 0 Å². The lowest BCUT2D eigenvalue weighted by Crippen LogP contribution is -2.32. The minimum atomic E-state index is 0.561. The van der Waals surface area contributed by atoms with Gasteiger partial charge in [0.15, 0.2) is 11.7 Å². The monoisotopic (exact) mass is 400 g/mol. The highest BCUT2D eigenvalue weighted by Gasteiger charge is 2.08. The molecule has 0 aliphatic rings. The van der Waals surface area contributed by atoms with Gasteiger partial charge < -0.3 is 15.1 Å². The number of para-hydroxylation sites is 1. The van der Waals surface area contributed by atoms with Crippen LogP contribution < -0.4 is 10.6 Å². The maximum absolute atomic E-state index is 5.33.